The highest BCUT2D eigenvalue weighted by Gasteiger charge is 2.40. The summed E-state index contributed by atoms with van der Waals surface area (Å²) in [6, 6.07) is 3.71. The SMILES string of the molecule is CC1(CN2CCC(NC(=O)c3cc(-c4ccc(F)cc4F)on3)C(C(=O)O)C2)CCC1. The van der Waals surface area contributed by atoms with Gasteiger partial charge in [-0.1, -0.05) is 18.5 Å². The molecule has 2 fully saturated rings. The number of carboxylic acid groups (broad SMARTS) is 1. The van der Waals surface area contributed by atoms with Gasteiger partial charge in [-0.05, 0) is 36.8 Å². The number of carbonyl (C=O) groups excluding carboxylic acids is 1. The summed E-state index contributed by atoms with van der Waals surface area (Å²) in [5.41, 5.74) is 0.146. The zero-order valence-corrected chi connectivity index (χ0v) is 17.2. The van der Waals surface area contributed by atoms with Crippen molar-refractivity contribution in [2.24, 2.45) is 11.3 Å². The van der Waals surface area contributed by atoms with Crippen molar-refractivity contribution in [3.8, 4) is 11.3 Å². The number of halogens is 2. The van der Waals surface area contributed by atoms with Crippen LogP contribution in [0.3, 0.4) is 0 Å². The Kier molecular flexibility index (Phi) is 5.79. The molecule has 7 nitrogen and oxygen atoms in total. The van der Waals surface area contributed by atoms with Gasteiger partial charge in [0.1, 0.15) is 11.6 Å². The zero-order valence-electron chi connectivity index (χ0n) is 17.2. The van der Waals surface area contributed by atoms with E-state index in [0.29, 0.717) is 25.6 Å². The molecule has 1 saturated heterocycles. The number of piperidine rings is 1. The highest BCUT2D eigenvalue weighted by atomic mass is 19.1. The third-order valence-electron chi connectivity index (χ3n) is 6.44. The Morgan fingerprint density at radius 3 is 2.74 bits per heavy atom. The average Bonchev–Trinajstić information content (AvgIpc) is 3.17. The van der Waals surface area contributed by atoms with E-state index in [0.717, 1.165) is 25.5 Å². The van der Waals surface area contributed by atoms with Crippen molar-refractivity contribution in [2.75, 3.05) is 19.6 Å². The van der Waals surface area contributed by atoms with Crippen LogP contribution in [0, 0.1) is 23.0 Å². The minimum absolute atomic E-state index is 0.0130. The molecule has 9 heteroatoms. The summed E-state index contributed by atoms with van der Waals surface area (Å²) in [5.74, 6) is -3.85. The Bertz CT molecular complexity index is 989. The first kappa shape index (κ1) is 21.4. The molecule has 4 rings (SSSR count). The highest BCUT2D eigenvalue weighted by Crippen LogP contribution is 2.41. The number of hydrogen-bond acceptors (Lipinski definition) is 5. The van der Waals surface area contributed by atoms with E-state index in [1.807, 2.05) is 0 Å². The number of aliphatic carboxylic acids is 1. The first-order valence-electron chi connectivity index (χ1n) is 10.4. The molecule has 1 saturated carbocycles. The topological polar surface area (TPSA) is 95.7 Å². The van der Waals surface area contributed by atoms with Crippen molar-refractivity contribution in [3.05, 3.63) is 41.6 Å². The molecule has 1 aliphatic heterocycles. The first-order chi connectivity index (χ1) is 14.7. The number of nitrogens with zero attached hydrogens (tertiary/aromatic N) is 2. The molecule has 2 N–H and O–H groups in total. The van der Waals surface area contributed by atoms with Crippen molar-refractivity contribution in [2.45, 2.75) is 38.6 Å². The summed E-state index contributed by atoms with van der Waals surface area (Å²) in [5, 5.41) is 16.1. The number of nitrogens with one attached hydrogen (secondary N) is 1. The predicted molar refractivity (Wildman–Crippen MR) is 107 cm³/mol. The summed E-state index contributed by atoms with van der Waals surface area (Å²) in [6.45, 7) is 4.18. The molecule has 2 heterocycles. The predicted octanol–water partition coefficient (Wildman–Crippen LogP) is 3.31. The van der Waals surface area contributed by atoms with Gasteiger partial charge in [0.15, 0.2) is 11.5 Å². The Labute approximate surface area is 178 Å². The lowest BCUT2D eigenvalue weighted by Crippen LogP contribution is -2.55. The second-order valence-electron chi connectivity index (χ2n) is 8.91. The molecule has 1 aromatic carbocycles. The van der Waals surface area contributed by atoms with Gasteiger partial charge in [-0.15, -0.1) is 0 Å². The van der Waals surface area contributed by atoms with Gasteiger partial charge in [0.2, 0.25) is 0 Å². The number of carbonyl (C=O) groups is 2. The molecule has 2 aliphatic rings. The Hall–Kier alpha value is -2.81. The van der Waals surface area contributed by atoms with Gasteiger partial charge in [-0.2, -0.15) is 0 Å². The minimum atomic E-state index is -0.956. The fourth-order valence-corrected chi connectivity index (χ4v) is 4.51. The molecule has 0 radical (unpaired) electrons. The van der Waals surface area contributed by atoms with Crippen molar-refractivity contribution in [3.63, 3.8) is 0 Å². The number of benzene rings is 1. The maximum absolute atomic E-state index is 13.9. The van der Waals surface area contributed by atoms with E-state index in [1.165, 1.54) is 18.6 Å². The maximum Gasteiger partial charge on any atom is 0.309 e. The smallest absolute Gasteiger partial charge is 0.309 e. The van der Waals surface area contributed by atoms with Crippen LogP contribution in [-0.4, -0.2) is 52.7 Å². The fourth-order valence-electron chi connectivity index (χ4n) is 4.51. The molecule has 1 aromatic heterocycles. The van der Waals surface area contributed by atoms with Gasteiger partial charge in [0, 0.05) is 37.8 Å². The van der Waals surface area contributed by atoms with Crippen LogP contribution in [0.2, 0.25) is 0 Å². The molecule has 1 aliphatic carbocycles. The molecule has 166 valence electrons. The van der Waals surface area contributed by atoms with Crippen molar-refractivity contribution >= 4 is 11.9 Å². The van der Waals surface area contributed by atoms with Crippen LogP contribution >= 0.6 is 0 Å². The zero-order chi connectivity index (χ0) is 22.2. The van der Waals surface area contributed by atoms with Crippen LogP contribution < -0.4 is 5.32 Å². The summed E-state index contributed by atoms with van der Waals surface area (Å²) >= 11 is 0. The van der Waals surface area contributed by atoms with Gasteiger partial charge >= 0.3 is 5.97 Å². The van der Waals surface area contributed by atoms with Crippen molar-refractivity contribution in [1.82, 2.24) is 15.4 Å². The standard InChI is InChI=1S/C22H25F2N3O4/c1-22(6-2-7-22)12-27-8-5-17(15(11-27)21(29)30)25-20(28)18-10-19(31-26-18)14-4-3-13(23)9-16(14)24/h3-4,9-10,15,17H,2,5-8,11-12H2,1H3,(H,25,28)(H,29,30). The van der Waals surface area contributed by atoms with E-state index in [1.54, 1.807) is 0 Å². The lowest BCUT2D eigenvalue weighted by molar-refractivity contribution is -0.145. The second-order valence-corrected chi connectivity index (χ2v) is 8.91. The molecule has 2 unspecified atom stereocenters. The summed E-state index contributed by atoms with van der Waals surface area (Å²) < 4.78 is 32.1. The van der Waals surface area contributed by atoms with Gasteiger partial charge in [-0.3, -0.25) is 9.59 Å². The Morgan fingerprint density at radius 1 is 1.32 bits per heavy atom. The third kappa shape index (κ3) is 4.61. The molecule has 2 aromatic rings. The van der Waals surface area contributed by atoms with Crippen molar-refractivity contribution < 1.29 is 28.0 Å². The van der Waals surface area contributed by atoms with E-state index in [-0.39, 0.29) is 22.4 Å². The fraction of sp³-hybridized carbons (Fsp3) is 0.500. The maximum atomic E-state index is 13.9. The number of aromatic nitrogens is 1. The van der Waals surface area contributed by atoms with Crippen molar-refractivity contribution in [1.29, 1.82) is 0 Å². The molecule has 2 atom stereocenters. The molecular formula is C22H25F2N3O4. The quantitative estimate of drug-likeness (QED) is 0.726. The number of rotatable bonds is 6. The van der Waals surface area contributed by atoms with E-state index in [4.69, 9.17) is 4.52 Å². The minimum Gasteiger partial charge on any atom is -0.481 e. The van der Waals surface area contributed by atoms with E-state index in [9.17, 15) is 23.5 Å². The second kappa shape index (κ2) is 8.37. The molecular weight excluding hydrogens is 408 g/mol. The van der Waals surface area contributed by atoms with Crippen LogP contribution in [0.15, 0.2) is 28.8 Å². The van der Waals surface area contributed by atoms with Crippen LogP contribution in [0.4, 0.5) is 8.78 Å². The lowest BCUT2D eigenvalue weighted by Gasteiger charge is -2.45. The first-order valence-corrected chi connectivity index (χ1v) is 10.4. The normalized spacial score (nSPS) is 23.2. The highest BCUT2D eigenvalue weighted by molar-refractivity contribution is 5.93. The Balaban J connectivity index is 1.42. The average molecular weight is 433 g/mol. The number of amides is 1. The summed E-state index contributed by atoms with van der Waals surface area (Å²) in [7, 11) is 0. The van der Waals surface area contributed by atoms with Gasteiger partial charge in [-0.25, -0.2) is 8.78 Å². The van der Waals surface area contributed by atoms with Crippen LogP contribution in [0.5, 0.6) is 0 Å². The molecule has 0 bridgehead atoms. The van der Waals surface area contributed by atoms with Crippen LogP contribution in [0.1, 0.15) is 43.1 Å². The van der Waals surface area contributed by atoms with E-state index in [2.05, 4.69) is 22.3 Å². The largest absolute Gasteiger partial charge is 0.481 e. The van der Waals surface area contributed by atoms with Crippen LogP contribution in [-0.2, 0) is 4.79 Å². The van der Waals surface area contributed by atoms with Crippen LogP contribution in [0.25, 0.3) is 11.3 Å². The third-order valence-corrected chi connectivity index (χ3v) is 6.44. The number of carboxylic acids is 1. The summed E-state index contributed by atoms with van der Waals surface area (Å²) in [6.07, 6.45) is 4.04. The van der Waals surface area contributed by atoms with Gasteiger partial charge in [0.05, 0.1) is 11.5 Å². The lowest BCUT2D eigenvalue weighted by atomic mass is 9.70. The van der Waals surface area contributed by atoms with E-state index >= 15 is 0 Å². The number of likely N-dealkylation sites (tertiary alicyclic amines) is 1. The Morgan fingerprint density at radius 2 is 2.10 bits per heavy atom. The summed E-state index contributed by atoms with van der Waals surface area (Å²) in [4.78, 5) is 26.7. The van der Waals surface area contributed by atoms with E-state index < -0.39 is 35.5 Å². The number of hydrogen-bond donors (Lipinski definition) is 2. The molecule has 1 amide bonds. The molecule has 31 heavy (non-hydrogen) atoms. The van der Waals surface area contributed by atoms with Gasteiger partial charge < -0.3 is 19.8 Å². The monoisotopic (exact) mass is 433 g/mol. The van der Waals surface area contributed by atoms with Gasteiger partial charge in [0.25, 0.3) is 5.91 Å². The molecule has 0 spiro atoms.